The van der Waals surface area contributed by atoms with E-state index < -0.39 is 0 Å². The maximum absolute atomic E-state index is 3.54. The third kappa shape index (κ3) is 3.72. The smallest absolute Gasteiger partial charge is 0.0389 e. The summed E-state index contributed by atoms with van der Waals surface area (Å²) in [6.07, 6.45) is 1.08. The first-order valence-electron chi connectivity index (χ1n) is 7.89. The molecule has 2 atom stereocenters. The van der Waals surface area contributed by atoms with Crippen LogP contribution in [-0.2, 0) is 6.42 Å². The first kappa shape index (κ1) is 14.3. The van der Waals surface area contributed by atoms with Gasteiger partial charge in [0.1, 0.15) is 0 Å². The molecular formula is C19H24N2. The van der Waals surface area contributed by atoms with E-state index in [1.54, 1.807) is 0 Å². The molecule has 1 saturated heterocycles. The minimum absolute atomic E-state index is 0.471. The average Bonchev–Trinajstić information content (AvgIpc) is 2.54. The fourth-order valence-electron chi connectivity index (χ4n) is 3.22. The highest BCUT2D eigenvalue weighted by Gasteiger charge is 2.24. The van der Waals surface area contributed by atoms with E-state index >= 15 is 0 Å². The van der Waals surface area contributed by atoms with Crippen LogP contribution in [0, 0.1) is 0 Å². The lowest BCUT2D eigenvalue weighted by Gasteiger charge is -2.38. The molecule has 110 valence electrons. The predicted octanol–water partition coefficient (Wildman–Crippen LogP) is 3.26. The van der Waals surface area contributed by atoms with Gasteiger partial charge in [-0.1, -0.05) is 60.7 Å². The summed E-state index contributed by atoms with van der Waals surface area (Å²) in [5, 5.41) is 3.54. The fourth-order valence-corrected chi connectivity index (χ4v) is 3.22. The Morgan fingerprint density at radius 3 is 2.38 bits per heavy atom. The van der Waals surface area contributed by atoms with Gasteiger partial charge in [0.2, 0.25) is 0 Å². The number of nitrogens with one attached hydrogen (secondary N) is 1. The highest BCUT2D eigenvalue weighted by Crippen LogP contribution is 2.26. The van der Waals surface area contributed by atoms with Gasteiger partial charge >= 0.3 is 0 Å². The summed E-state index contributed by atoms with van der Waals surface area (Å²) in [5.41, 5.74) is 2.84. The van der Waals surface area contributed by atoms with Gasteiger partial charge in [-0.2, -0.15) is 0 Å². The van der Waals surface area contributed by atoms with E-state index in [1.807, 2.05) is 0 Å². The van der Waals surface area contributed by atoms with E-state index in [0.717, 1.165) is 26.1 Å². The molecule has 2 unspecified atom stereocenters. The summed E-state index contributed by atoms with van der Waals surface area (Å²) in [7, 11) is 0. The second kappa shape index (κ2) is 6.88. The maximum atomic E-state index is 3.54. The summed E-state index contributed by atoms with van der Waals surface area (Å²) in [5.74, 6) is 0. The zero-order valence-electron chi connectivity index (χ0n) is 12.7. The molecule has 1 heterocycles. The number of benzene rings is 2. The van der Waals surface area contributed by atoms with E-state index in [9.17, 15) is 0 Å². The molecule has 2 nitrogen and oxygen atoms in total. The lowest BCUT2D eigenvalue weighted by atomic mass is 9.96. The van der Waals surface area contributed by atoms with Crippen molar-refractivity contribution in [3.63, 3.8) is 0 Å². The van der Waals surface area contributed by atoms with E-state index in [2.05, 4.69) is 77.8 Å². The number of nitrogens with zero attached hydrogens (tertiary/aromatic N) is 1. The SMILES string of the molecule is CC1CN(C(Cc2ccccc2)c2ccccc2)CCN1. The van der Waals surface area contributed by atoms with Gasteiger partial charge in [-0.3, -0.25) is 4.90 Å². The topological polar surface area (TPSA) is 15.3 Å². The molecule has 0 saturated carbocycles. The van der Waals surface area contributed by atoms with Crippen molar-refractivity contribution in [3.8, 4) is 0 Å². The number of piperazine rings is 1. The van der Waals surface area contributed by atoms with E-state index in [0.29, 0.717) is 12.1 Å². The molecule has 0 aromatic heterocycles. The van der Waals surface area contributed by atoms with Crippen molar-refractivity contribution in [3.05, 3.63) is 71.8 Å². The van der Waals surface area contributed by atoms with Gasteiger partial charge in [-0.25, -0.2) is 0 Å². The Labute approximate surface area is 127 Å². The highest BCUT2D eigenvalue weighted by atomic mass is 15.2. The Morgan fingerprint density at radius 2 is 1.71 bits per heavy atom. The fraction of sp³-hybridized carbons (Fsp3) is 0.368. The molecule has 2 heteroatoms. The Hall–Kier alpha value is -1.64. The van der Waals surface area contributed by atoms with Crippen LogP contribution in [0.25, 0.3) is 0 Å². The van der Waals surface area contributed by atoms with Gasteiger partial charge in [-0.05, 0) is 24.5 Å². The predicted molar refractivity (Wildman–Crippen MR) is 88.4 cm³/mol. The van der Waals surface area contributed by atoms with Crippen LogP contribution in [0.1, 0.15) is 24.1 Å². The Kier molecular flexibility index (Phi) is 4.69. The normalized spacial score (nSPS) is 21.1. The third-order valence-electron chi connectivity index (χ3n) is 4.30. The molecule has 1 aliphatic rings. The molecule has 0 spiro atoms. The first-order valence-corrected chi connectivity index (χ1v) is 7.89. The van der Waals surface area contributed by atoms with Crippen molar-refractivity contribution in [1.82, 2.24) is 10.2 Å². The quantitative estimate of drug-likeness (QED) is 0.924. The van der Waals surface area contributed by atoms with Crippen LogP contribution in [0.4, 0.5) is 0 Å². The summed E-state index contributed by atoms with van der Waals surface area (Å²) in [6.45, 7) is 5.60. The van der Waals surface area contributed by atoms with E-state index in [-0.39, 0.29) is 0 Å². The molecule has 3 rings (SSSR count). The molecule has 1 N–H and O–H groups in total. The second-order valence-corrected chi connectivity index (χ2v) is 5.97. The van der Waals surface area contributed by atoms with Crippen molar-refractivity contribution >= 4 is 0 Å². The standard InChI is InChI=1S/C19H24N2/c1-16-15-21(13-12-20-16)19(18-10-6-3-7-11-18)14-17-8-4-2-5-9-17/h2-11,16,19-20H,12-15H2,1H3. The number of rotatable bonds is 4. The van der Waals surface area contributed by atoms with E-state index in [4.69, 9.17) is 0 Å². The van der Waals surface area contributed by atoms with Crippen molar-refractivity contribution in [1.29, 1.82) is 0 Å². The van der Waals surface area contributed by atoms with Crippen LogP contribution in [0.3, 0.4) is 0 Å². The summed E-state index contributed by atoms with van der Waals surface area (Å²) < 4.78 is 0. The molecular weight excluding hydrogens is 256 g/mol. The first-order chi connectivity index (χ1) is 10.3. The van der Waals surface area contributed by atoms with Crippen molar-refractivity contribution in [2.24, 2.45) is 0 Å². The molecule has 1 aliphatic heterocycles. The van der Waals surface area contributed by atoms with Gasteiger partial charge in [0.15, 0.2) is 0 Å². The van der Waals surface area contributed by atoms with Crippen LogP contribution in [0.15, 0.2) is 60.7 Å². The summed E-state index contributed by atoms with van der Waals surface area (Å²) >= 11 is 0. The zero-order valence-corrected chi connectivity index (χ0v) is 12.7. The average molecular weight is 280 g/mol. The van der Waals surface area contributed by atoms with E-state index in [1.165, 1.54) is 11.1 Å². The highest BCUT2D eigenvalue weighted by molar-refractivity contribution is 5.24. The number of hydrogen-bond acceptors (Lipinski definition) is 2. The second-order valence-electron chi connectivity index (χ2n) is 5.97. The van der Waals surface area contributed by atoms with Crippen molar-refractivity contribution in [2.75, 3.05) is 19.6 Å². The molecule has 1 fully saturated rings. The van der Waals surface area contributed by atoms with Gasteiger partial charge in [0.05, 0.1) is 0 Å². The Morgan fingerprint density at radius 1 is 1.05 bits per heavy atom. The minimum Gasteiger partial charge on any atom is -0.312 e. The molecule has 2 aromatic rings. The zero-order chi connectivity index (χ0) is 14.5. The maximum Gasteiger partial charge on any atom is 0.0389 e. The van der Waals surface area contributed by atoms with Crippen LogP contribution in [0.2, 0.25) is 0 Å². The third-order valence-corrected chi connectivity index (χ3v) is 4.30. The minimum atomic E-state index is 0.471. The lowest BCUT2D eigenvalue weighted by Crippen LogP contribution is -2.50. The van der Waals surface area contributed by atoms with Gasteiger partial charge in [0, 0.05) is 31.7 Å². The largest absolute Gasteiger partial charge is 0.312 e. The Bertz CT molecular complexity index is 538. The van der Waals surface area contributed by atoms with Crippen LogP contribution < -0.4 is 5.32 Å². The Balaban J connectivity index is 1.84. The van der Waals surface area contributed by atoms with Crippen molar-refractivity contribution < 1.29 is 0 Å². The molecule has 0 bridgehead atoms. The van der Waals surface area contributed by atoms with Gasteiger partial charge < -0.3 is 5.32 Å². The molecule has 0 amide bonds. The van der Waals surface area contributed by atoms with Crippen molar-refractivity contribution in [2.45, 2.75) is 25.4 Å². The molecule has 0 radical (unpaired) electrons. The molecule has 0 aliphatic carbocycles. The van der Waals surface area contributed by atoms with Gasteiger partial charge in [-0.15, -0.1) is 0 Å². The van der Waals surface area contributed by atoms with Crippen LogP contribution in [-0.4, -0.2) is 30.6 Å². The molecule has 21 heavy (non-hydrogen) atoms. The monoisotopic (exact) mass is 280 g/mol. The lowest BCUT2D eigenvalue weighted by molar-refractivity contribution is 0.147. The van der Waals surface area contributed by atoms with Gasteiger partial charge in [0.25, 0.3) is 0 Å². The van der Waals surface area contributed by atoms with Crippen LogP contribution in [0.5, 0.6) is 0 Å². The van der Waals surface area contributed by atoms with Crippen LogP contribution >= 0.6 is 0 Å². The summed E-state index contributed by atoms with van der Waals surface area (Å²) in [6, 6.07) is 22.8. The summed E-state index contributed by atoms with van der Waals surface area (Å²) in [4.78, 5) is 2.63. The number of hydrogen-bond donors (Lipinski definition) is 1. The molecule has 2 aromatic carbocycles.